The number of ketones is 1. The third-order valence-corrected chi connectivity index (χ3v) is 5.78. The van der Waals surface area contributed by atoms with Crippen molar-refractivity contribution in [2.75, 3.05) is 7.05 Å². The molecule has 2 fully saturated rings. The van der Waals surface area contributed by atoms with Gasteiger partial charge in [0.25, 0.3) is 11.7 Å². The number of hydrogen-bond acceptors (Lipinski definition) is 3. The predicted molar refractivity (Wildman–Crippen MR) is 93.0 cm³/mol. The van der Waals surface area contributed by atoms with Gasteiger partial charge in [0.1, 0.15) is 0 Å². The number of para-hydroxylation sites is 1. The molecule has 2 aliphatic rings. The number of aryl methyl sites for hydroxylation is 1. The Kier molecular flexibility index (Phi) is 3.68. The standard InChI is InChI=1S/C19H23N3O2/c1-21-11-16(15-5-3-4-6-17(15)21)18(23)19(24)20-12-9-13-7-8-14(10-12)22(13)2/h3-6,11-14H,7-10H2,1-2H3,(H,20,24). The lowest BCUT2D eigenvalue weighted by Crippen LogP contribution is -2.50. The van der Waals surface area contributed by atoms with Crippen molar-refractivity contribution in [2.45, 2.75) is 43.8 Å². The number of nitrogens with zero attached hydrogens (tertiary/aromatic N) is 2. The minimum atomic E-state index is -0.472. The van der Waals surface area contributed by atoms with Gasteiger partial charge in [0, 0.05) is 42.3 Å². The van der Waals surface area contributed by atoms with E-state index in [1.165, 1.54) is 12.8 Å². The highest BCUT2D eigenvalue weighted by Gasteiger charge is 2.39. The van der Waals surface area contributed by atoms with Crippen molar-refractivity contribution in [1.82, 2.24) is 14.8 Å². The second kappa shape index (κ2) is 5.74. The lowest BCUT2D eigenvalue weighted by molar-refractivity contribution is -0.118. The molecule has 1 N–H and O–H groups in total. The zero-order valence-corrected chi connectivity index (χ0v) is 14.2. The molecule has 2 aliphatic heterocycles. The molecule has 2 aromatic rings. The van der Waals surface area contributed by atoms with Crippen LogP contribution in [0.4, 0.5) is 0 Å². The quantitative estimate of drug-likeness (QED) is 0.694. The van der Waals surface area contributed by atoms with E-state index >= 15 is 0 Å². The van der Waals surface area contributed by atoms with E-state index in [4.69, 9.17) is 0 Å². The smallest absolute Gasteiger partial charge is 0.292 e. The molecule has 2 unspecified atom stereocenters. The van der Waals surface area contributed by atoms with Crippen LogP contribution in [0, 0.1) is 0 Å². The monoisotopic (exact) mass is 325 g/mol. The number of benzene rings is 1. The summed E-state index contributed by atoms with van der Waals surface area (Å²) in [5, 5.41) is 3.82. The number of rotatable bonds is 3. The van der Waals surface area contributed by atoms with Crippen LogP contribution < -0.4 is 5.32 Å². The fourth-order valence-corrected chi connectivity index (χ4v) is 4.43. The number of carbonyl (C=O) groups is 2. The van der Waals surface area contributed by atoms with Gasteiger partial charge in [0.15, 0.2) is 0 Å². The second-order valence-corrected chi connectivity index (χ2v) is 7.19. The van der Waals surface area contributed by atoms with Gasteiger partial charge in [-0.2, -0.15) is 0 Å². The number of fused-ring (bicyclic) bond motifs is 3. The third kappa shape index (κ3) is 2.44. The van der Waals surface area contributed by atoms with E-state index in [2.05, 4.69) is 17.3 Å². The first-order valence-electron chi connectivity index (χ1n) is 8.66. The zero-order chi connectivity index (χ0) is 16.8. The fourth-order valence-electron chi connectivity index (χ4n) is 4.43. The molecule has 4 rings (SSSR count). The van der Waals surface area contributed by atoms with Crippen LogP contribution in [0.2, 0.25) is 0 Å². The average Bonchev–Trinajstić information content (AvgIpc) is 2.99. The highest BCUT2D eigenvalue weighted by Crippen LogP contribution is 2.34. The molecule has 5 nitrogen and oxygen atoms in total. The summed E-state index contributed by atoms with van der Waals surface area (Å²) in [5.41, 5.74) is 1.45. The number of piperidine rings is 1. The molecule has 0 saturated carbocycles. The first kappa shape index (κ1) is 15.4. The van der Waals surface area contributed by atoms with Gasteiger partial charge in [-0.25, -0.2) is 0 Å². The number of aromatic nitrogens is 1. The number of carbonyl (C=O) groups excluding carboxylic acids is 2. The molecule has 5 heteroatoms. The Morgan fingerprint density at radius 1 is 1.08 bits per heavy atom. The number of Topliss-reactive ketones (excluding diaryl/α,β-unsaturated/α-hetero) is 1. The minimum Gasteiger partial charge on any atom is -0.350 e. The lowest BCUT2D eigenvalue weighted by atomic mass is 9.97. The molecule has 24 heavy (non-hydrogen) atoms. The second-order valence-electron chi connectivity index (χ2n) is 7.19. The van der Waals surface area contributed by atoms with Crippen LogP contribution in [0.5, 0.6) is 0 Å². The van der Waals surface area contributed by atoms with Crippen molar-refractivity contribution in [3.05, 3.63) is 36.0 Å². The van der Waals surface area contributed by atoms with Gasteiger partial charge in [0.2, 0.25) is 0 Å². The Bertz CT molecular complexity index is 796. The van der Waals surface area contributed by atoms with Gasteiger partial charge < -0.3 is 14.8 Å². The molecule has 0 spiro atoms. The van der Waals surface area contributed by atoms with Gasteiger partial charge in [-0.05, 0) is 38.8 Å². The summed E-state index contributed by atoms with van der Waals surface area (Å²) in [6.45, 7) is 0. The SMILES string of the molecule is CN1C2CCC1CC(NC(=O)C(=O)c1cn(C)c3ccccc13)C2. The third-order valence-electron chi connectivity index (χ3n) is 5.78. The maximum atomic E-state index is 12.7. The van der Waals surface area contributed by atoms with E-state index in [0.29, 0.717) is 17.6 Å². The van der Waals surface area contributed by atoms with Crippen LogP contribution in [0.25, 0.3) is 10.9 Å². The topological polar surface area (TPSA) is 54.3 Å². The minimum absolute atomic E-state index is 0.116. The summed E-state index contributed by atoms with van der Waals surface area (Å²) in [6.07, 6.45) is 6.05. The van der Waals surface area contributed by atoms with E-state index in [-0.39, 0.29) is 6.04 Å². The summed E-state index contributed by atoms with van der Waals surface area (Å²) in [5.74, 6) is -0.904. The fraction of sp³-hybridized carbons (Fsp3) is 0.474. The predicted octanol–water partition coefficient (Wildman–Crippen LogP) is 2.10. The molecule has 2 bridgehead atoms. The van der Waals surface area contributed by atoms with Crippen LogP contribution in [0.1, 0.15) is 36.0 Å². The molecule has 2 atom stereocenters. The van der Waals surface area contributed by atoms with Crippen LogP contribution >= 0.6 is 0 Å². The molecule has 1 aromatic heterocycles. The van der Waals surface area contributed by atoms with Crippen molar-refractivity contribution in [2.24, 2.45) is 7.05 Å². The normalized spacial score (nSPS) is 26.7. The molecule has 1 amide bonds. The van der Waals surface area contributed by atoms with Gasteiger partial charge in [0.05, 0.1) is 5.56 Å². The molecular weight excluding hydrogens is 302 g/mol. The summed E-state index contributed by atoms with van der Waals surface area (Å²) < 4.78 is 1.89. The molecule has 1 aromatic carbocycles. The zero-order valence-electron chi connectivity index (χ0n) is 14.2. The Balaban J connectivity index is 1.51. The van der Waals surface area contributed by atoms with E-state index in [9.17, 15) is 9.59 Å². The van der Waals surface area contributed by atoms with E-state index in [0.717, 1.165) is 23.7 Å². The van der Waals surface area contributed by atoms with Gasteiger partial charge in [-0.1, -0.05) is 18.2 Å². The van der Waals surface area contributed by atoms with Crippen molar-refractivity contribution in [3.8, 4) is 0 Å². The lowest BCUT2D eigenvalue weighted by Gasteiger charge is -2.36. The van der Waals surface area contributed by atoms with Crippen LogP contribution in [-0.2, 0) is 11.8 Å². The average molecular weight is 325 g/mol. The van der Waals surface area contributed by atoms with Crippen molar-refractivity contribution in [3.63, 3.8) is 0 Å². The van der Waals surface area contributed by atoms with Crippen molar-refractivity contribution in [1.29, 1.82) is 0 Å². The molecule has 0 aliphatic carbocycles. The highest BCUT2D eigenvalue weighted by atomic mass is 16.2. The Morgan fingerprint density at radius 2 is 1.75 bits per heavy atom. The summed E-state index contributed by atoms with van der Waals surface area (Å²) in [6, 6.07) is 8.88. The molecule has 3 heterocycles. The summed E-state index contributed by atoms with van der Waals surface area (Å²) in [4.78, 5) is 27.6. The Morgan fingerprint density at radius 3 is 2.46 bits per heavy atom. The van der Waals surface area contributed by atoms with Crippen molar-refractivity contribution < 1.29 is 9.59 Å². The first-order valence-corrected chi connectivity index (χ1v) is 8.66. The molecule has 2 saturated heterocycles. The van der Waals surface area contributed by atoms with E-state index < -0.39 is 11.7 Å². The summed E-state index contributed by atoms with van der Waals surface area (Å²) in [7, 11) is 4.06. The molecular formula is C19H23N3O2. The van der Waals surface area contributed by atoms with Gasteiger partial charge in [-0.3, -0.25) is 9.59 Å². The number of hydrogen-bond donors (Lipinski definition) is 1. The van der Waals surface area contributed by atoms with Gasteiger partial charge >= 0.3 is 0 Å². The highest BCUT2D eigenvalue weighted by molar-refractivity contribution is 6.45. The van der Waals surface area contributed by atoms with Crippen LogP contribution in [0.3, 0.4) is 0 Å². The Hall–Kier alpha value is -2.14. The largest absolute Gasteiger partial charge is 0.350 e. The van der Waals surface area contributed by atoms with Crippen molar-refractivity contribution >= 4 is 22.6 Å². The number of amides is 1. The maximum absolute atomic E-state index is 12.7. The molecule has 0 radical (unpaired) electrons. The first-order chi connectivity index (χ1) is 11.5. The maximum Gasteiger partial charge on any atom is 0.292 e. The van der Waals surface area contributed by atoms with Crippen LogP contribution in [0.15, 0.2) is 30.5 Å². The molecule has 126 valence electrons. The van der Waals surface area contributed by atoms with E-state index in [1.807, 2.05) is 35.9 Å². The van der Waals surface area contributed by atoms with Crippen LogP contribution in [-0.4, -0.2) is 46.3 Å². The van der Waals surface area contributed by atoms with E-state index in [1.54, 1.807) is 6.20 Å². The number of nitrogens with one attached hydrogen (secondary N) is 1. The van der Waals surface area contributed by atoms with Gasteiger partial charge in [-0.15, -0.1) is 0 Å². The Labute approximate surface area is 141 Å². The summed E-state index contributed by atoms with van der Waals surface area (Å²) >= 11 is 0.